The lowest BCUT2D eigenvalue weighted by Crippen LogP contribution is -2.32. The molecule has 1 fully saturated rings. The summed E-state index contributed by atoms with van der Waals surface area (Å²) in [6.07, 6.45) is 4.49. The number of nitrogens with one attached hydrogen (secondary N) is 1. The Morgan fingerprint density at radius 1 is 1.43 bits per heavy atom. The summed E-state index contributed by atoms with van der Waals surface area (Å²) in [6, 6.07) is 4.44. The first-order valence-electron chi connectivity index (χ1n) is 7.55. The number of halogens is 2. The highest BCUT2D eigenvalue weighted by Crippen LogP contribution is 2.26. The maximum Gasteiger partial charge on any atom is 0.124 e. The zero-order chi connectivity index (χ0) is 15.2. The van der Waals surface area contributed by atoms with Crippen molar-refractivity contribution in [1.29, 1.82) is 0 Å². The van der Waals surface area contributed by atoms with Crippen LogP contribution in [0.15, 0.2) is 22.7 Å². The lowest BCUT2D eigenvalue weighted by molar-refractivity contribution is -0.0424. The van der Waals surface area contributed by atoms with Crippen LogP contribution in [0.4, 0.5) is 10.1 Å². The molecule has 3 atom stereocenters. The van der Waals surface area contributed by atoms with E-state index in [2.05, 4.69) is 28.2 Å². The van der Waals surface area contributed by atoms with Gasteiger partial charge in [-0.15, -0.1) is 0 Å². The quantitative estimate of drug-likeness (QED) is 0.807. The predicted molar refractivity (Wildman–Crippen MR) is 86.0 cm³/mol. The van der Waals surface area contributed by atoms with Gasteiger partial charge in [-0.2, -0.15) is 0 Å². The van der Waals surface area contributed by atoms with Crippen molar-refractivity contribution in [3.63, 3.8) is 0 Å². The van der Waals surface area contributed by atoms with Gasteiger partial charge in [0.25, 0.3) is 0 Å². The molecular formula is C16H23BrFNO2. The van der Waals surface area contributed by atoms with Gasteiger partial charge in [-0.05, 0) is 52.9 Å². The molecule has 0 heterocycles. The Morgan fingerprint density at radius 3 is 2.90 bits per heavy atom. The number of aliphatic hydroxyl groups is 1. The Bertz CT molecular complexity index is 458. The minimum absolute atomic E-state index is 0.269. The van der Waals surface area contributed by atoms with Crippen molar-refractivity contribution in [2.75, 3.05) is 18.5 Å². The fourth-order valence-corrected chi connectivity index (χ4v) is 3.18. The second kappa shape index (κ2) is 8.11. The van der Waals surface area contributed by atoms with Gasteiger partial charge in [-0.3, -0.25) is 0 Å². The number of rotatable bonds is 6. The third kappa shape index (κ3) is 5.24. The first-order valence-corrected chi connectivity index (χ1v) is 8.34. The van der Waals surface area contributed by atoms with Crippen LogP contribution >= 0.6 is 15.9 Å². The molecule has 1 saturated carbocycles. The summed E-state index contributed by atoms with van der Waals surface area (Å²) in [6.45, 7) is 2.93. The third-order valence-electron chi connectivity index (χ3n) is 3.99. The number of benzene rings is 1. The fraction of sp³-hybridized carbons (Fsp3) is 0.625. The summed E-state index contributed by atoms with van der Waals surface area (Å²) < 4.78 is 19.5. The molecule has 118 valence electrons. The van der Waals surface area contributed by atoms with E-state index in [9.17, 15) is 9.50 Å². The van der Waals surface area contributed by atoms with Crippen LogP contribution in [0.3, 0.4) is 0 Å². The molecule has 3 unspecified atom stereocenters. The number of aliphatic hydroxyl groups excluding tert-OH is 1. The third-order valence-corrected chi connectivity index (χ3v) is 4.65. The van der Waals surface area contributed by atoms with Gasteiger partial charge >= 0.3 is 0 Å². The summed E-state index contributed by atoms with van der Waals surface area (Å²) in [5.41, 5.74) is 0.765. The lowest BCUT2D eigenvalue weighted by Gasteiger charge is -2.29. The Hall–Kier alpha value is -0.650. The number of ether oxygens (including phenoxy) is 1. The van der Waals surface area contributed by atoms with Gasteiger partial charge in [0.2, 0.25) is 0 Å². The van der Waals surface area contributed by atoms with E-state index >= 15 is 0 Å². The van der Waals surface area contributed by atoms with E-state index in [4.69, 9.17) is 4.74 Å². The molecule has 1 aromatic rings. The molecule has 1 aliphatic carbocycles. The predicted octanol–water partition coefficient (Wildman–Crippen LogP) is 3.96. The standard InChI is InChI=1S/C16H23BrFNO2/c1-11-4-2-3-5-16(11)21-10-13(20)9-19-15-7-6-12(18)8-14(15)17/h6-8,11,13,16,19-20H,2-5,9-10H2,1H3. The van der Waals surface area contributed by atoms with Crippen molar-refractivity contribution >= 4 is 21.6 Å². The highest BCUT2D eigenvalue weighted by atomic mass is 79.9. The molecule has 5 heteroatoms. The first kappa shape index (κ1) is 16.7. The molecule has 0 bridgehead atoms. The van der Waals surface area contributed by atoms with Gasteiger partial charge in [0.1, 0.15) is 5.82 Å². The lowest BCUT2D eigenvalue weighted by atomic mass is 9.88. The van der Waals surface area contributed by atoms with Gasteiger partial charge in [0, 0.05) is 16.7 Å². The van der Waals surface area contributed by atoms with Crippen molar-refractivity contribution in [2.24, 2.45) is 5.92 Å². The van der Waals surface area contributed by atoms with E-state index in [1.807, 2.05) is 0 Å². The summed E-state index contributed by atoms with van der Waals surface area (Å²) in [5.74, 6) is 0.285. The van der Waals surface area contributed by atoms with E-state index in [0.717, 1.165) is 12.1 Å². The van der Waals surface area contributed by atoms with Gasteiger partial charge in [-0.1, -0.05) is 19.8 Å². The second-order valence-electron chi connectivity index (χ2n) is 5.79. The van der Waals surface area contributed by atoms with Crippen molar-refractivity contribution in [1.82, 2.24) is 0 Å². The van der Waals surface area contributed by atoms with Crippen molar-refractivity contribution in [2.45, 2.75) is 44.8 Å². The zero-order valence-electron chi connectivity index (χ0n) is 12.3. The summed E-state index contributed by atoms with van der Waals surface area (Å²) in [7, 11) is 0. The van der Waals surface area contributed by atoms with Crippen LogP contribution in [-0.4, -0.2) is 30.5 Å². The van der Waals surface area contributed by atoms with Gasteiger partial charge in [0.05, 0.1) is 18.8 Å². The molecule has 2 rings (SSSR count). The minimum atomic E-state index is -0.573. The maximum atomic E-state index is 13.0. The number of hydrogen-bond donors (Lipinski definition) is 2. The largest absolute Gasteiger partial charge is 0.389 e. The van der Waals surface area contributed by atoms with E-state index in [1.54, 1.807) is 6.07 Å². The Kier molecular flexibility index (Phi) is 6.45. The summed E-state index contributed by atoms with van der Waals surface area (Å²) >= 11 is 3.29. The topological polar surface area (TPSA) is 41.5 Å². The SMILES string of the molecule is CC1CCCCC1OCC(O)CNc1ccc(F)cc1Br. The van der Waals surface area contributed by atoms with Crippen LogP contribution in [-0.2, 0) is 4.74 Å². The molecule has 0 saturated heterocycles. The van der Waals surface area contributed by atoms with Crippen molar-refractivity contribution in [3.05, 3.63) is 28.5 Å². The van der Waals surface area contributed by atoms with Gasteiger partial charge in [0.15, 0.2) is 0 Å². The molecule has 2 N–H and O–H groups in total. The summed E-state index contributed by atoms with van der Waals surface area (Å²) in [5, 5.41) is 13.1. The average molecular weight is 360 g/mol. The minimum Gasteiger partial charge on any atom is -0.389 e. The van der Waals surface area contributed by atoms with Crippen LogP contribution in [0.5, 0.6) is 0 Å². The fourth-order valence-electron chi connectivity index (χ4n) is 2.68. The first-order chi connectivity index (χ1) is 10.1. The Morgan fingerprint density at radius 2 is 2.19 bits per heavy atom. The molecule has 0 radical (unpaired) electrons. The Balaban J connectivity index is 1.73. The second-order valence-corrected chi connectivity index (χ2v) is 6.65. The molecule has 0 spiro atoms. The maximum absolute atomic E-state index is 13.0. The zero-order valence-corrected chi connectivity index (χ0v) is 13.9. The molecule has 0 aromatic heterocycles. The van der Waals surface area contributed by atoms with E-state index in [1.165, 1.54) is 31.4 Å². The summed E-state index contributed by atoms with van der Waals surface area (Å²) in [4.78, 5) is 0. The highest BCUT2D eigenvalue weighted by Gasteiger charge is 2.22. The number of hydrogen-bond acceptors (Lipinski definition) is 3. The normalized spacial score (nSPS) is 23.8. The molecule has 21 heavy (non-hydrogen) atoms. The molecule has 1 aromatic carbocycles. The van der Waals surface area contributed by atoms with E-state index in [-0.39, 0.29) is 11.9 Å². The smallest absolute Gasteiger partial charge is 0.124 e. The Labute approximate surface area is 134 Å². The van der Waals surface area contributed by atoms with Crippen molar-refractivity contribution < 1.29 is 14.2 Å². The van der Waals surface area contributed by atoms with Crippen molar-refractivity contribution in [3.8, 4) is 0 Å². The molecule has 1 aliphatic rings. The molecule has 0 aliphatic heterocycles. The van der Waals surface area contributed by atoms with Gasteiger partial charge in [-0.25, -0.2) is 4.39 Å². The van der Waals surface area contributed by atoms with Crippen LogP contribution in [0.25, 0.3) is 0 Å². The number of anilines is 1. The molecule has 3 nitrogen and oxygen atoms in total. The monoisotopic (exact) mass is 359 g/mol. The molecule has 0 amide bonds. The van der Waals surface area contributed by atoms with Crippen LogP contribution < -0.4 is 5.32 Å². The van der Waals surface area contributed by atoms with E-state index < -0.39 is 6.10 Å². The van der Waals surface area contributed by atoms with Crippen LogP contribution in [0.1, 0.15) is 32.6 Å². The molecular weight excluding hydrogens is 337 g/mol. The van der Waals surface area contributed by atoms with E-state index in [0.29, 0.717) is 23.5 Å². The van der Waals surface area contributed by atoms with Gasteiger partial charge < -0.3 is 15.2 Å². The van der Waals surface area contributed by atoms with Crippen LogP contribution in [0.2, 0.25) is 0 Å². The van der Waals surface area contributed by atoms with Crippen LogP contribution in [0, 0.1) is 11.7 Å². The highest BCUT2D eigenvalue weighted by molar-refractivity contribution is 9.10. The average Bonchev–Trinajstić information content (AvgIpc) is 2.45.